The molecule has 0 spiro atoms. The Balaban J connectivity index is 2.72. The Morgan fingerprint density at radius 3 is 2.88 bits per heavy atom. The summed E-state index contributed by atoms with van der Waals surface area (Å²) in [7, 11) is 3.39. The number of nitrogens with two attached hydrogens (primary N) is 1. The zero-order chi connectivity index (χ0) is 12.1. The van der Waals surface area contributed by atoms with Crippen LogP contribution >= 0.6 is 0 Å². The summed E-state index contributed by atoms with van der Waals surface area (Å²) in [5, 5.41) is 9.60. The molecule has 0 aliphatic carbocycles. The lowest BCUT2D eigenvalue weighted by Crippen LogP contribution is -2.33. The minimum Gasteiger partial charge on any atom is -0.389 e. The molecular weight excluding hydrogens is 208 g/mol. The number of rotatable bonds is 5. The highest BCUT2D eigenvalue weighted by Crippen LogP contribution is 2.18. The Bertz CT molecular complexity index is 346. The van der Waals surface area contributed by atoms with E-state index in [1.54, 1.807) is 7.11 Å². The fourth-order valence-corrected chi connectivity index (χ4v) is 1.49. The highest BCUT2D eigenvalue weighted by molar-refractivity contribution is 5.55. The fourth-order valence-electron chi connectivity index (χ4n) is 1.49. The first-order valence-electron chi connectivity index (χ1n) is 5.01. The van der Waals surface area contributed by atoms with Crippen molar-refractivity contribution in [1.29, 1.82) is 0 Å². The summed E-state index contributed by atoms with van der Waals surface area (Å²) < 4.78 is 4.86. The summed E-state index contributed by atoms with van der Waals surface area (Å²) in [5.74, 6) is 1.18. The van der Waals surface area contributed by atoms with Gasteiger partial charge in [0, 0.05) is 26.3 Å². The van der Waals surface area contributed by atoms with Gasteiger partial charge in [-0.25, -0.2) is 9.97 Å². The molecule has 90 valence electrons. The zero-order valence-electron chi connectivity index (χ0n) is 9.84. The maximum Gasteiger partial charge on any atom is 0.136 e. The molecule has 0 bridgehead atoms. The minimum absolute atomic E-state index is 0.296. The molecule has 0 fully saturated rings. The van der Waals surface area contributed by atoms with Crippen LogP contribution in [0.5, 0.6) is 0 Å². The molecule has 0 aliphatic rings. The highest BCUT2D eigenvalue weighted by atomic mass is 16.5. The summed E-state index contributed by atoms with van der Waals surface area (Å²) in [5.41, 5.74) is 6.50. The molecule has 6 nitrogen and oxygen atoms in total. The lowest BCUT2D eigenvalue weighted by atomic mass is 10.2. The van der Waals surface area contributed by atoms with E-state index in [4.69, 9.17) is 10.5 Å². The Kier molecular flexibility index (Phi) is 4.45. The van der Waals surface area contributed by atoms with Gasteiger partial charge in [-0.1, -0.05) is 0 Å². The van der Waals surface area contributed by atoms with Gasteiger partial charge in [0.05, 0.1) is 12.7 Å². The average Bonchev–Trinajstić information content (AvgIpc) is 2.22. The molecule has 16 heavy (non-hydrogen) atoms. The van der Waals surface area contributed by atoms with Crippen LogP contribution in [0.2, 0.25) is 0 Å². The van der Waals surface area contributed by atoms with Crippen molar-refractivity contribution >= 4 is 11.6 Å². The second-order valence-electron chi connectivity index (χ2n) is 3.70. The van der Waals surface area contributed by atoms with Crippen LogP contribution in [0.1, 0.15) is 5.56 Å². The third-order valence-electron chi connectivity index (χ3n) is 2.30. The molecule has 1 aromatic rings. The van der Waals surface area contributed by atoms with Crippen LogP contribution in [-0.2, 0) is 4.74 Å². The van der Waals surface area contributed by atoms with E-state index < -0.39 is 6.10 Å². The van der Waals surface area contributed by atoms with E-state index in [0.717, 1.165) is 11.4 Å². The number of aromatic nitrogens is 2. The molecule has 0 radical (unpaired) electrons. The Morgan fingerprint density at radius 1 is 1.56 bits per heavy atom. The van der Waals surface area contributed by atoms with Gasteiger partial charge >= 0.3 is 0 Å². The topological polar surface area (TPSA) is 84.5 Å². The van der Waals surface area contributed by atoms with Crippen LogP contribution in [0, 0.1) is 6.92 Å². The SMILES string of the molecule is COCC(O)CN(C)c1ncnc(N)c1C. The smallest absolute Gasteiger partial charge is 0.136 e. The van der Waals surface area contributed by atoms with Crippen molar-refractivity contribution in [3.63, 3.8) is 0 Å². The Hall–Kier alpha value is -1.40. The highest BCUT2D eigenvalue weighted by Gasteiger charge is 2.13. The molecule has 0 saturated heterocycles. The number of nitrogen functional groups attached to an aromatic ring is 1. The van der Waals surface area contributed by atoms with Gasteiger partial charge in [0.15, 0.2) is 0 Å². The largest absolute Gasteiger partial charge is 0.389 e. The van der Waals surface area contributed by atoms with Crippen molar-refractivity contribution in [3.05, 3.63) is 11.9 Å². The van der Waals surface area contributed by atoms with Crippen LogP contribution in [0.25, 0.3) is 0 Å². The van der Waals surface area contributed by atoms with Gasteiger partial charge < -0.3 is 20.5 Å². The van der Waals surface area contributed by atoms with E-state index in [0.29, 0.717) is 19.0 Å². The summed E-state index contributed by atoms with van der Waals surface area (Å²) >= 11 is 0. The van der Waals surface area contributed by atoms with Crippen molar-refractivity contribution in [3.8, 4) is 0 Å². The quantitative estimate of drug-likeness (QED) is 0.724. The van der Waals surface area contributed by atoms with Crippen LogP contribution in [0.3, 0.4) is 0 Å². The molecule has 0 amide bonds. The first kappa shape index (κ1) is 12.7. The number of hydrogen-bond acceptors (Lipinski definition) is 6. The number of nitrogens with zero attached hydrogens (tertiary/aromatic N) is 3. The van der Waals surface area contributed by atoms with Gasteiger partial charge in [0.25, 0.3) is 0 Å². The van der Waals surface area contributed by atoms with Gasteiger partial charge in [-0.2, -0.15) is 0 Å². The number of ether oxygens (including phenoxy) is 1. The van der Waals surface area contributed by atoms with Crippen LogP contribution < -0.4 is 10.6 Å². The monoisotopic (exact) mass is 226 g/mol. The summed E-state index contributed by atoms with van der Waals surface area (Å²) in [6.45, 7) is 2.58. The molecule has 1 atom stereocenters. The molecule has 0 saturated carbocycles. The standard InChI is InChI=1S/C10H18N4O2/c1-7-9(11)12-6-13-10(7)14(2)4-8(15)5-16-3/h6,8,15H,4-5H2,1-3H3,(H2,11,12,13). The maximum absolute atomic E-state index is 9.60. The van der Waals surface area contributed by atoms with E-state index in [2.05, 4.69) is 9.97 Å². The van der Waals surface area contributed by atoms with Crippen LogP contribution in [0.4, 0.5) is 11.6 Å². The van der Waals surface area contributed by atoms with Crippen molar-refractivity contribution in [2.24, 2.45) is 0 Å². The van der Waals surface area contributed by atoms with E-state index in [-0.39, 0.29) is 0 Å². The minimum atomic E-state index is -0.550. The van der Waals surface area contributed by atoms with Crippen molar-refractivity contribution < 1.29 is 9.84 Å². The van der Waals surface area contributed by atoms with Gasteiger partial charge in [0.2, 0.25) is 0 Å². The van der Waals surface area contributed by atoms with Gasteiger partial charge in [-0.05, 0) is 6.92 Å². The average molecular weight is 226 g/mol. The number of aliphatic hydroxyl groups excluding tert-OH is 1. The molecule has 3 N–H and O–H groups in total. The number of aliphatic hydroxyl groups is 1. The normalized spacial score (nSPS) is 12.5. The van der Waals surface area contributed by atoms with E-state index in [1.807, 2.05) is 18.9 Å². The van der Waals surface area contributed by atoms with Crippen molar-refractivity contribution in [2.75, 3.05) is 37.9 Å². The van der Waals surface area contributed by atoms with Crippen LogP contribution in [0.15, 0.2) is 6.33 Å². The number of hydrogen-bond donors (Lipinski definition) is 2. The van der Waals surface area contributed by atoms with E-state index in [1.165, 1.54) is 6.33 Å². The molecule has 6 heteroatoms. The fraction of sp³-hybridized carbons (Fsp3) is 0.600. The zero-order valence-corrected chi connectivity index (χ0v) is 9.84. The molecule has 1 aromatic heterocycles. The predicted molar refractivity (Wildman–Crippen MR) is 62.3 cm³/mol. The maximum atomic E-state index is 9.60. The third kappa shape index (κ3) is 3.04. The molecule has 1 heterocycles. The first-order valence-corrected chi connectivity index (χ1v) is 5.01. The van der Waals surface area contributed by atoms with Gasteiger partial charge in [-0.15, -0.1) is 0 Å². The van der Waals surface area contributed by atoms with Crippen molar-refractivity contribution in [2.45, 2.75) is 13.0 Å². The summed E-state index contributed by atoms with van der Waals surface area (Å²) in [6, 6.07) is 0. The Morgan fingerprint density at radius 2 is 2.25 bits per heavy atom. The number of likely N-dealkylation sites (N-methyl/N-ethyl adjacent to an activating group) is 1. The Labute approximate surface area is 95.1 Å². The third-order valence-corrected chi connectivity index (χ3v) is 2.30. The van der Waals surface area contributed by atoms with E-state index in [9.17, 15) is 5.11 Å². The first-order chi connectivity index (χ1) is 7.56. The molecular formula is C10H18N4O2. The summed E-state index contributed by atoms with van der Waals surface area (Å²) in [6.07, 6.45) is 0.863. The van der Waals surface area contributed by atoms with Gasteiger partial charge in [-0.3, -0.25) is 0 Å². The predicted octanol–water partition coefficient (Wildman–Crippen LogP) is -0.189. The lowest BCUT2D eigenvalue weighted by Gasteiger charge is -2.22. The van der Waals surface area contributed by atoms with Crippen LogP contribution in [-0.4, -0.2) is 48.5 Å². The van der Waals surface area contributed by atoms with E-state index >= 15 is 0 Å². The molecule has 1 rings (SSSR count). The molecule has 0 aromatic carbocycles. The second kappa shape index (κ2) is 5.62. The van der Waals surface area contributed by atoms with Crippen molar-refractivity contribution in [1.82, 2.24) is 9.97 Å². The van der Waals surface area contributed by atoms with Gasteiger partial charge in [0.1, 0.15) is 18.0 Å². The molecule has 1 unspecified atom stereocenters. The second-order valence-corrected chi connectivity index (χ2v) is 3.70. The lowest BCUT2D eigenvalue weighted by molar-refractivity contribution is 0.0694. The number of methoxy groups -OCH3 is 1. The number of anilines is 2. The molecule has 0 aliphatic heterocycles. The summed E-state index contributed by atoms with van der Waals surface area (Å²) in [4.78, 5) is 9.86.